The van der Waals surface area contributed by atoms with E-state index in [9.17, 15) is 9.59 Å². The average Bonchev–Trinajstić information content (AvgIpc) is 3.58. The molecule has 1 aliphatic heterocycles. The summed E-state index contributed by atoms with van der Waals surface area (Å²) in [6, 6.07) is 9.94. The van der Waals surface area contributed by atoms with Crippen molar-refractivity contribution in [2.24, 2.45) is 7.05 Å². The number of ether oxygens (including phenoxy) is 3. The molecule has 1 aliphatic rings. The lowest BCUT2D eigenvalue weighted by Gasteiger charge is -2.25. The standard InChI is InChI=1S/C26H27N7O6/c1-16(2)37-19-12-17(24(34)28-22-6-7-32(3)30-22)13-20(14-19)38-18-4-5-21(27-15-18)23-29-25(39-31-23)26(35)33-8-10-36-11-9-33/h4-7,12-16H,8-11H2,1-3H3,(H,28,30,34). The van der Waals surface area contributed by atoms with E-state index in [0.29, 0.717) is 60.6 Å². The van der Waals surface area contributed by atoms with Gasteiger partial charge in [0.2, 0.25) is 5.82 Å². The summed E-state index contributed by atoms with van der Waals surface area (Å²) in [4.78, 5) is 35.6. The first kappa shape index (κ1) is 25.9. The minimum absolute atomic E-state index is 0.104. The molecule has 13 heteroatoms. The molecule has 39 heavy (non-hydrogen) atoms. The molecule has 1 saturated heterocycles. The van der Waals surface area contributed by atoms with Gasteiger partial charge in [0.05, 0.1) is 25.5 Å². The summed E-state index contributed by atoms with van der Waals surface area (Å²) in [5.41, 5.74) is 0.738. The van der Waals surface area contributed by atoms with Crippen molar-refractivity contribution in [3.63, 3.8) is 0 Å². The zero-order valence-corrected chi connectivity index (χ0v) is 21.7. The number of carbonyl (C=O) groups is 2. The topological polar surface area (TPSA) is 147 Å². The Hall–Kier alpha value is -4.78. The largest absolute Gasteiger partial charge is 0.491 e. The predicted octanol–water partition coefficient (Wildman–Crippen LogP) is 3.17. The van der Waals surface area contributed by atoms with E-state index in [4.69, 9.17) is 18.7 Å². The van der Waals surface area contributed by atoms with Gasteiger partial charge in [-0.3, -0.25) is 14.3 Å². The molecule has 13 nitrogen and oxygen atoms in total. The van der Waals surface area contributed by atoms with E-state index < -0.39 is 0 Å². The van der Waals surface area contributed by atoms with Crippen LogP contribution in [0, 0.1) is 0 Å². The van der Waals surface area contributed by atoms with Crippen LogP contribution in [0.25, 0.3) is 11.5 Å². The number of morpholine rings is 1. The van der Waals surface area contributed by atoms with Gasteiger partial charge in [0, 0.05) is 44.0 Å². The van der Waals surface area contributed by atoms with Crippen molar-refractivity contribution in [3.8, 4) is 28.8 Å². The zero-order valence-electron chi connectivity index (χ0n) is 21.7. The Morgan fingerprint density at radius 2 is 1.85 bits per heavy atom. The van der Waals surface area contributed by atoms with Crippen LogP contribution in [0.4, 0.5) is 5.82 Å². The van der Waals surface area contributed by atoms with E-state index in [-0.39, 0.29) is 29.6 Å². The Bertz CT molecular complexity index is 1460. The first-order valence-corrected chi connectivity index (χ1v) is 12.3. The molecular formula is C26H27N7O6. The third kappa shape index (κ3) is 6.38. The van der Waals surface area contributed by atoms with Gasteiger partial charge in [0.15, 0.2) is 5.82 Å². The minimum atomic E-state index is -0.360. The highest BCUT2D eigenvalue weighted by Crippen LogP contribution is 2.29. The van der Waals surface area contributed by atoms with Gasteiger partial charge in [0.25, 0.3) is 5.91 Å². The Labute approximate surface area is 223 Å². The number of nitrogens with zero attached hydrogens (tertiary/aromatic N) is 6. The molecule has 1 fully saturated rings. The molecule has 0 aliphatic carbocycles. The van der Waals surface area contributed by atoms with E-state index >= 15 is 0 Å². The number of aromatic nitrogens is 5. The number of benzene rings is 1. The second-order valence-corrected chi connectivity index (χ2v) is 9.00. The molecule has 4 aromatic rings. The van der Waals surface area contributed by atoms with Crippen molar-refractivity contribution in [3.05, 3.63) is 60.2 Å². The maximum absolute atomic E-state index is 12.9. The molecule has 2 amide bonds. The van der Waals surface area contributed by atoms with E-state index in [1.54, 1.807) is 59.2 Å². The summed E-state index contributed by atoms with van der Waals surface area (Å²) in [7, 11) is 1.76. The molecule has 0 atom stereocenters. The van der Waals surface area contributed by atoms with Gasteiger partial charge in [-0.15, -0.1) is 0 Å². The van der Waals surface area contributed by atoms with Crippen LogP contribution in [0.3, 0.4) is 0 Å². The number of amides is 2. The Morgan fingerprint density at radius 1 is 1.05 bits per heavy atom. The van der Waals surface area contributed by atoms with Gasteiger partial charge >= 0.3 is 11.8 Å². The van der Waals surface area contributed by atoms with Gasteiger partial charge in [0.1, 0.15) is 22.9 Å². The second kappa shape index (κ2) is 11.3. The number of nitrogens with one attached hydrogen (secondary N) is 1. The summed E-state index contributed by atoms with van der Waals surface area (Å²) in [5.74, 6) is 1.06. The van der Waals surface area contributed by atoms with Crippen LogP contribution in [0.2, 0.25) is 0 Å². The van der Waals surface area contributed by atoms with Crippen LogP contribution in [-0.2, 0) is 11.8 Å². The Balaban J connectivity index is 1.31. The molecule has 0 radical (unpaired) electrons. The molecule has 0 bridgehead atoms. The van der Waals surface area contributed by atoms with E-state index in [1.807, 2.05) is 13.8 Å². The first-order chi connectivity index (χ1) is 18.8. The van der Waals surface area contributed by atoms with Crippen molar-refractivity contribution in [1.82, 2.24) is 29.8 Å². The lowest BCUT2D eigenvalue weighted by molar-refractivity contribution is 0.0272. The van der Waals surface area contributed by atoms with Crippen molar-refractivity contribution in [1.29, 1.82) is 0 Å². The summed E-state index contributed by atoms with van der Waals surface area (Å²) in [6.45, 7) is 5.66. The summed E-state index contributed by atoms with van der Waals surface area (Å²) < 4.78 is 23.8. The van der Waals surface area contributed by atoms with Crippen LogP contribution in [0.15, 0.2) is 53.3 Å². The first-order valence-electron chi connectivity index (χ1n) is 12.3. The highest BCUT2D eigenvalue weighted by atomic mass is 16.5. The molecule has 3 aromatic heterocycles. The molecular weight excluding hydrogens is 506 g/mol. The highest BCUT2D eigenvalue weighted by Gasteiger charge is 2.24. The van der Waals surface area contributed by atoms with E-state index in [2.05, 4.69) is 25.5 Å². The number of pyridine rings is 1. The van der Waals surface area contributed by atoms with Gasteiger partial charge in [-0.1, -0.05) is 5.16 Å². The monoisotopic (exact) mass is 533 g/mol. The van der Waals surface area contributed by atoms with Crippen LogP contribution in [0.1, 0.15) is 34.9 Å². The number of anilines is 1. The quantitative estimate of drug-likeness (QED) is 0.358. The van der Waals surface area contributed by atoms with Gasteiger partial charge in [-0.2, -0.15) is 10.1 Å². The SMILES string of the molecule is CC(C)Oc1cc(Oc2ccc(-c3noc(C(=O)N4CCOCC4)n3)nc2)cc(C(=O)Nc2ccn(C)n2)c1. The molecule has 0 spiro atoms. The molecule has 5 rings (SSSR count). The number of aryl methyl sites for hydroxylation is 1. The van der Waals surface area contributed by atoms with Crippen LogP contribution < -0.4 is 14.8 Å². The fourth-order valence-corrected chi connectivity index (χ4v) is 3.80. The predicted molar refractivity (Wildman–Crippen MR) is 138 cm³/mol. The maximum Gasteiger partial charge on any atom is 0.316 e. The van der Waals surface area contributed by atoms with Crippen LogP contribution in [0.5, 0.6) is 17.2 Å². The summed E-state index contributed by atoms with van der Waals surface area (Å²) >= 11 is 0. The lowest BCUT2D eigenvalue weighted by atomic mass is 10.2. The molecule has 4 heterocycles. The van der Waals surface area contributed by atoms with Gasteiger partial charge < -0.3 is 29.0 Å². The Morgan fingerprint density at radius 3 is 2.54 bits per heavy atom. The third-order valence-corrected chi connectivity index (χ3v) is 5.58. The maximum atomic E-state index is 12.9. The third-order valence-electron chi connectivity index (χ3n) is 5.58. The fourth-order valence-electron chi connectivity index (χ4n) is 3.80. The van der Waals surface area contributed by atoms with Crippen molar-refractivity contribution in [2.45, 2.75) is 20.0 Å². The van der Waals surface area contributed by atoms with Crippen LogP contribution in [-0.4, -0.2) is 74.0 Å². The number of rotatable bonds is 8. The molecule has 1 N–H and O–H groups in total. The second-order valence-electron chi connectivity index (χ2n) is 9.00. The zero-order chi connectivity index (χ0) is 27.4. The van der Waals surface area contributed by atoms with Crippen molar-refractivity contribution >= 4 is 17.6 Å². The molecule has 202 valence electrons. The smallest absolute Gasteiger partial charge is 0.316 e. The Kier molecular flexibility index (Phi) is 7.50. The van der Waals surface area contributed by atoms with Crippen molar-refractivity contribution in [2.75, 3.05) is 31.6 Å². The van der Waals surface area contributed by atoms with Crippen molar-refractivity contribution < 1.29 is 28.3 Å². The minimum Gasteiger partial charge on any atom is -0.491 e. The number of carbonyl (C=O) groups excluding carboxylic acids is 2. The van der Waals surface area contributed by atoms with Gasteiger partial charge in [-0.05, 0) is 38.1 Å². The number of hydrogen-bond acceptors (Lipinski definition) is 10. The average molecular weight is 534 g/mol. The lowest BCUT2D eigenvalue weighted by Crippen LogP contribution is -2.40. The van der Waals surface area contributed by atoms with E-state index in [1.165, 1.54) is 6.20 Å². The molecule has 0 unspecified atom stereocenters. The van der Waals surface area contributed by atoms with Crippen LogP contribution >= 0.6 is 0 Å². The van der Waals surface area contributed by atoms with E-state index in [0.717, 1.165) is 0 Å². The molecule has 0 saturated carbocycles. The fraction of sp³-hybridized carbons (Fsp3) is 0.308. The normalized spacial score (nSPS) is 13.4. The number of hydrogen-bond donors (Lipinski definition) is 1. The summed E-state index contributed by atoms with van der Waals surface area (Å²) in [5, 5.41) is 10.8. The molecule has 1 aromatic carbocycles. The highest BCUT2D eigenvalue weighted by molar-refractivity contribution is 6.04. The summed E-state index contributed by atoms with van der Waals surface area (Å²) in [6.07, 6.45) is 3.11. The van der Waals surface area contributed by atoms with Gasteiger partial charge in [-0.25, -0.2) is 4.98 Å².